The third-order valence-electron chi connectivity index (χ3n) is 5.44. The van der Waals surface area contributed by atoms with E-state index in [1.165, 1.54) is 6.08 Å². The molecule has 0 aliphatic carbocycles. The number of carbonyl (C=O) groups is 3. The molecular weight excluding hydrogens is 672 g/mol. The highest BCUT2D eigenvalue weighted by molar-refractivity contribution is 9.11. The van der Waals surface area contributed by atoms with Crippen LogP contribution in [0.1, 0.15) is 23.6 Å². The van der Waals surface area contributed by atoms with Gasteiger partial charge in [0, 0.05) is 8.95 Å². The fourth-order valence-corrected chi connectivity index (χ4v) is 4.72. The second-order valence-corrected chi connectivity index (χ2v) is 10.7. The van der Waals surface area contributed by atoms with Crippen molar-refractivity contribution in [1.29, 1.82) is 0 Å². The minimum atomic E-state index is -0.804. The van der Waals surface area contributed by atoms with E-state index >= 15 is 0 Å². The van der Waals surface area contributed by atoms with Crippen molar-refractivity contribution in [1.82, 2.24) is 5.32 Å². The normalized spacial score (nSPS) is 14.7. The van der Waals surface area contributed by atoms with E-state index in [2.05, 4.69) is 53.1 Å². The lowest BCUT2D eigenvalue weighted by molar-refractivity contribution is -0.122. The Morgan fingerprint density at radius 2 is 1.65 bits per heavy atom. The maximum atomic E-state index is 13.3. The third kappa shape index (κ3) is 6.14. The van der Waals surface area contributed by atoms with Crippen LogP contribution in [-0.4, -0.2) is 24.5 Å². The number of imide groups is 2. The fraction of sp³-hybridized carbons (Fsp3) is 0.148. The van der Waals surface area contributed by atoms with E-state index in [4.69, 9.17) is 9.47 Å². The number of hydrogen-bond donors (Lipinski definition) is 1. The Hall–Kier alpha value is -2.95. The van der Waals surface area contributed by atoms with Crippen molar-refractivity contribution in [3.63, 3.8) is 0 Å². The number of benzene rings is 3. The molecule has 4 rings (SSSR count). The van der Waals surface area contributed by atoms with Gasteiger partial charge >= 0.3 is 6.03 Å². The predicted octanol–water partition coefficient (Wildman–Crippen LogP) is 6.93. The van der Waals surface area contributed by atoms with Crippen molar-refractivity contribution in [2.75, 3.05) is 11.5 Å². The van der Waals surface area contributed by atoms with Gasteiger partial charge < -0.3 is 9.47 Å². The number of barbiturate groups is 1. The van der Waals surface area contributed by atoms with E-state index in [0.717, 1.165) is 25.0 Å². The number of anilines is 1. The van der Waals surface area contributed by atoms with E-state index in [0.29, 0.717) is 40.4 Å². The minimum absolute atomic E-state index is 0.182. The molecule has 1 N–H and O–H groups in total. The molecule has 0 bridgehead atoms. The number of aryl methyl sites for hydroxylation is 1. The molecule has 190 valence electrons. The van der Waals surface area contributed by atoms with Crippen molar-refractivity contribution in [3.8, 4) is 11.5 Å². The number of urea groups is 1. The molecule has 0 unspecified atom stereocenters. The van der Waals surface area contributed by atoms with Crippen LogP contribution in [0, 0.1) is 6.92 Å². The molecule has 1 heterocycles. The van der Waals surface area contributed by atoms with E-state index in [1.54, 1.807) is 30.3 Å². The van der Waals surface area contributed by atoms with Crippen molar-refractivity contribution in [2.24, 2.45) is 0 Å². The maximum absolute atomic E-state index is 13.3. The van der Waals surface area contributed by atoms with E-state index < -0.39 is 17.8 Å². The van der Waals surface area contributed by atoms with Gasteiger partial charge in [-0.1, -0.05) is 44.0 Å². The second-order valence-electron chi connectivity index (χ2n) is 8.07. The molecule has 0 radical (unpaired) electrons. The largest absolute Gasteiger partial charge is 0.490 e. The Morgan fingerprint density at radius 3 is 2.32 bits per heavy atom. The first-order chi connectivity index (χ1) is 17.7. The maximum Gasteiger partial charge on any atom is 0.335 e. The monoisotopic (exact) mass is 690 g/mol. The molecule has 3 aromatic carbocycles. The van der Waals surface area contributed by atoms with Gasteiger partial charge in [-0.25, -0.2) is 9.69 Å². The summed E-state index contributed by atoms with van der Waals surface area (Å²) >= 11 is 10.4. The summed E-state index contributed by atoms with van der Waals surface area (Å²) < 4.78 is 14.2. The summed E-state index contributed by atoms with van der Waals surface area (Å²) in [4.78, 5) is 39.4. The predicted molar refractivity (Wildman–Crippen MR) is 152 cm³/mol. The molecule has 1 aliphatic rings. The quantitative estimate of drug-likeness (QED) is 0.215. The van der Waals surface area contributed by atoms with Crippen molar-refractivity contribution >= 4 is 77.4 Å². The standard InChI is InChI=1S/C27H21Br3N2O5/c1-3-36-23-13-17(12-22(30)24(23)37-14-16-4-6-18(28)7-5-16)11-20-25(33)31-27(35)32(26(20)34)19-8-9-21(29)15(2)10-19/h4-13H,3,14H2,1-2H3,(H,31,33,35)/b20-11+. The van der Waals surface area contributed by atoms with Crippen molar-refractivity contribution in [2.45, 2.75) is 20.5 Å². The van der Waals surface area contributed by atoms with Gasteiger partial charge in [-0.2, -0.15) is 0 Å². The Kier molecular flexibility index (Phi) is 8.51. The van der Waals surface area contributed by atoms with E-state index in [1.807, 2.05) is 38.1 Å². The molecule has 1 aliphatic heterocycles. The first-order valence-electron chi connectivity index (χ1n) is 11.2. The molecular formula is C27H21Br3N2O5. The number of rotatable bonds is 7. The molecule has 1 saturated heterocycles. The van der Waals surface area contributed by atoms with Crippen LogP contribution in [0.15, 0.2) is 73.6 Å². The molecule has 0 aromatic heterocycles. The van der Waals surface area contributed by atoms with Gasteiger partial charge in [0.2, 0.25) is 0 Å². The van der Waals surface area contributed by atoms with E-state index in [-0.39, 0.29) is 5.57 Å². The van der Waals surface area contributed by atoms with Crippen LogP contribution in [0.3, 0.4) is 0 Å². The summed E-state index contributed by atoms with van der Waals surface area (Å²) in [6.07, 6.45) is 1.43. The van der Waals surface area contributed by atoms with Crippen molar-refractivity contribution < 1.29 is 23.9 Å². The van der Waals surface area contributed by atoms with Crippen LogP contribution in [0.4, 0.5) is 10.5 Å². The smallest absolute Gasteiger partial charge is 0.335 e. The van der Waals surface area contributed by atoms with Crippen LogP contribution >= 0.6 is 47.8 Å². The average molecular weight is 693 g/mol. The van der Waals surface area contributed by atoms with Gasteiger partial charge in [0.15, 0.2) is 11.5 Å². The number of ether oxygens (including phenoxy) is 2. The molecule has 37 heavy (non-hydrogen) atoms. The zero-order chi connectivity index (χ0) is 26.7. The fourth-order valence-electron chi connectivity index (χ4n) is 3.64. The Labute approximate surface area is 239 Å². The highest BCUT2D eigenvalue weighted by Gasteiger charge is 2.37. The average Bonchev–Trinajstić information content (AvgIpc) is 2.84. The molecule has 0 saturated carbocycles. The Morgan fingerprint density at radius 1 is 0.919 bits per heavy atom. The van der Waals surface area contributed by atoms with Gasteiger partial charge in [-0.15, -0.1) is 0 Å². The SMILES string of the molecule is CCOc1cc(/C=C2\C(=O)NC(=O)N(c3ccc(Br)c(C)c3)C2=O)cc(Br)c1OCc1ccc(Br)cc1. The van der Waals surface area contributed by atoms with Gasteiger partial charge in [0.05, 0.1) is 16.8 Å². The number of hydrogen-bond acceptors (Lipinski definition) is 5. The second kappa shape index (κ2) is 11.6. The summed E-state index contributed by atoms with van der Waals surface area (Å²) in [5.41, 5.74) is 2.50. The summed E-state index contributed by atoms with van der Waals surface area (Å²) in [6.45, 7) is 4.39. The third-order valence-corrected chi connectivity index (χ3v) is 7.45. The van der Waals surface area contributed by atoms with Crippen LogP contribution in [0.25, 0.3) is 6.08 Å². The van der Waals surface area contributed by atoms with Crippen LogP contribution in [0.2, 0.25) is 0 Å². The van der Waals surface area contributed by atoms with Crippen molar-refractivity contribution in [3.05, 3.63) is 90.3 Å². The number of nitrogens with one attached hydrogen (secondary N) is 1. The summed E-state index contributed by atoms with van der Waals surface area (Å²) in [5, 5.41) is 2.25. The molecule has 3 aromatic rings. The highest BCUT2D eigenvalue weighted by atomic mass is 79.9. The lowest BCUT2D eigenvalue weighted by Crippen LogP contribution is -2.54. The minimum Gasteiger partial charge on any atom is -0.490 e. The Balaban J connectivity index is 1.66. The zero-order valence-electron chi connectivity index (χ0n) is 19.8. The first-order valence-corrected chi connectivity index (χ1v) is 13.6. The van der Waals surface area contributed by atoms with Crippen LogP contribution in [-0.2, 0) is 16.2 Å². The molecule has 7 nitrogen and oxygen atoms in total. The number of nitrogens with zero attached hydrogens (tertiary/aromatic N) is 1. The topological polar surface area (TPSA) is 84.9 Å². The number of carbonyl (C=O) groups excluding carboxylic acids is 3. The van der Waals surface area contributed by atoms with Gasteiger partial charge in [-0.3, -0.25) is 14.9 Å². The first kappa shape index (κ1) is 27.1. The van der Waals surface area contributed by atoms with Gasteiger partial charge in [0.1, 0.15) is 12.2 Å². The van der Waals surface area contributed by atoms with Crippen LogP contribution in [0.5, 0.6) is 11.5 Å². The molecule has 0 spiro atoms. The number of amides is 4. The molecule has 4 amide bonds. The Bertz CT molecular complexity index is 1420. The summed E-state index contributed by atoms with van der Waals surface area (Å²) in [6, 6.07) is 15.4. The summed E-state index contributed by atoms with van der Waals surface area (Å²) in [7, 11) is 0. The molecule has 0 atom stereocenters. The van der Waals surface area contributed by atoms with Crippen LogP contribution < -0.4 is 19.7 Å². The number of halogens is 3. The van der Waals surface area contributed by atoms with Gasteiger partial charge in [-0.05, 0) is 95.0 Å². The molecule has 1 fully saturated rings. The lowest BCUT2D eigenvalue weighted by Gasteiger charge is -2.26. The zero-order valence-corrected chi connectivity index (χ0v) is 24.6. The summed E-state index contributed by atoms with van der Waals surface area (Å²) in [5.74, 6) is -0.556. The van der Waals surface area contributed by atoms with Gasteiger partial charge in [0.25, 0.3) is 11.8 Å². The molecule has 10 heteroatoms. The highest BCUT2D eigenvalue weighted by Crippen LogP contribution is 2.38. The lowest BCUT2D eigenvalue weighted by atomic mass is 10.1. The van der Waals surface area contributed by atoms with E-state index in [9.17, 15) is 14.4 Å².